The van der Waals surface area contributed by atoms with Gasteiger partial charge in [-0.05, 0) is 48.0 Å². The lowest BCUT2D eigenvalue weighted by Crippen LogP contribution is -2.17. The van der Waals surface area contributed by atoms with E-state index in [2.05, 4.69) is 9.44 Å². The minimum absolute atomic E-state index is 0.0217. The van der Waals surface area contributed by atoms with Crippen molar-refractivity contribution in [2.45, 2.75) is 15.3 Å². The number of hydrogen-bond donors (Lipinski definition) is 2. The Balaban J connectivity index is 2.02. The molecule has 0 fully saturated rings. The number of thiophene rings is 2. The van der Waals surface area contributed by atoms with E-state index in [1.165, 1.54) is 30.3 Å². The average molecular weight is 473 g/mol. The van der Waals surface area contributed by atoms with E-state index in [1.54, 1.807) is 29.8 Å². The van der Waals surface area contributed by atoms with Crippen molar-refractivity contribution in [2.24, 2.45) is 0 Å². The lowest BCUT2D eigenvalue weighted by atomic mass is 10.2. The third kappa shape index (κ3) is 4.96. The summed E-state index contributed by atoms with van der Waals surface area (Å²) < 4.78 is 60.1. The Bertz CT molecular complexity index is 1200. The maximum Gasteiger partial charge on any atom is 0.338 e. The van der Waals surface area contributed by atoms with Gasteiger partial charge < -0.3 is 4.74 Å². The zero-order valence-corrected chi connectivity index (χ0v) is 18.3. The van der Waals surface area contributed by atoms with E-state index in [1.807, 2.05) is 0 Å². The largest absolute Gasteiger partial charge is 0.462 e. The van der Waals surface area contributed by atoms with Crippen LogP contribution in [0.1, 0.15) is 17.3 Å². The van der Waals surface area contributed by atoms with Crippen molar-refractivity contribution < 1.29 is 26.4 Å². The summed E-state index contributed by atoms with van der Waals surface area (Å²) in [6.45, 7) is 1.78. The van der Waals surface area contributed by atoms with Crippen molar-refractivity contribution in [3.8, 4) is 0 Å². The second kappa shape index (κ2) is 8.53. The Morgan fingerprint density at radius 3 is 1.93 bits per heavy atom. The van der Waals surface area contributed by atoms with Crippen molar-refractivity contribution >= 4 is 60.1 Å². The molecule has 2 aromatic heterocycles. The average Bonchev–Trinajstić information content (AvgIpc) is 3.37. The molecule has 0 bridgehead atoms. The van der Waals surface area contributed by atoms with Gasteiger partial charge in [0, 0.05) is 0 Å². The minimum Gasteiger partial charge on any atom is -0.462 e. The number of rotatable bonds is 8. The molecule has 0 spiro atoms. The maximum atomic E-state index is 12.6. The first kappa shape index (κ1) is 21.3. The van der Waals surface area contributed by atoms with Crippen LogP contribution in [0.3, 0.4) is 0 Å². The number of anilines is 2. The summed E-state index contributed by atoms with van der Waals surface area (Å²) in [5, 5.41) is 3.21. The van der Waals surface area contributed by atoms with Gasteiger partial charge in [0.15, 0.2) is 0 Å². The Hall–Kier alpha value is -2.41. The van der Waals surface area contributed by atoms with Gasteiger partial charge in [-0.3, -0.25) is 9.44 Å². The molecule has 12 heteroatoms. The molecule has 0 aliphatic heterocycles. The van der Waals surface area contributed by atoms with E-state index in [4.69, 9.17) is 4.74 Å². The van der Waals surface area contributed by atoms with Crippen LogP contribution in [0, 0.1) is 0 Å². The van der Waals surface area contributed by atoms with Crippen LogP contribution >= 0.6 is 22.7 Å². The number of ether oxygens (including phenoxy) is 1. The second-order valence-corrected chi connectivity index (χ2v) is 11.3. The van der Waals surface area contributed by atoms with Crippen molar-refractivity contribution in [1.82, 2.24) is 0 Å². The number of sulfonamides is 2. The van der Waals surface area contributed by atoms with Crippen molar-refractivity contribution in [2.75, 3.05) is 16.1 Å². The van der Waals surface area contributed by atoms with E-state index < -0.39 is 26.0 Å². The van der Waals surface area contributed by atoms with Crippen LogP contribution in [-0.4, -0.2) is 29.4 Å². The first-order valence-electron chi connectivity index (χ1n) is 8.17. The highest BCUT2D eigenvalue weighted by Gasteiger charge is 2.22. The Morgan fingerprint density at radius 2 is 1.45 bits per heavy atom. The predicted octanol–water partition coefficient (Wildman–Crippen LogP) is 3.59. The molecule has 0 saturated heterocycles. The maximum absolute atomic E-state index is 12.6. The van der Waals surface area contributed by atoms with Crippen LogP contribution in [0.15, 0.2) is 61.6 Å². The Morgan fingerprint density at radius 1 is 0.897 bits per heavy atom. The van der Waals surface area contributed by atoms with Gasteiger partial charge in [-0.25, -0.2) is 21.6 Å². The first-order chi connectivity index (χ1) is 13.7. The molecule has 2 heterocycles. The molecule has 3 aromatic rings. The molecule has 3 rings (SSSR count). The molecular formula is C17H16N2O6S4. The van der Waals surface area contributed by atoms with E-state index in [0.717, 1.165) is 22.7 Å². The lowest BCUT2D eigenvalue weighted by Gasteiger charge is -2.15. The van der Waals surface area contributed by atoms with E-state index in [9.17, 15) is 21.6 Å². The van der Waals surface area contributed by atoms with Crippen LogP contribution in [0.5, 0.6) is 0 Å². The van der Waals surface area contributed by atoms with Crippen LogP contribution in [0.4, 0.5) is 11.4 Å². The van der Waals surface area contributed by atoms with Gasteiger partial charge in [0.1, 0.15) is 8.42 Å². The van der Waals surface area contributed by atoms with E-state index in [0.29, 0.717) is 0 Å². The number of benzene rings is 1. The molecule has 0 aliphatic carbocycles. The standard InChI is InChI=1S/C17H16N2O6S4/c1-2-25-17(20)12-7-8-13(18-28(21,22)15-5-3-9-26-15)14(11-12)19-29(23,24)16-6-4-10-27-16/h3-11,18-19H,2H2,1H3. The van der Waals surface area contributed by atoms with Gasteiger partial charge in [-0.15, -0.1) is 22.7 Å². The van der Waals surface area contributed by atoms with Crippen molar-refractivity contribution in [3.05, 3.63) is 58.8 Å². The van der Waals surface area contributed by atoms with E-state index >= 15 is 0 Å². The monoisotopic (exact) mass is 472 g/mol. The highest BCUT2D eigenvalue weighted by Crippen LogP contribution is 2.30. The number of nitrogens with one attached hydrogen (secondary N) is 2. The minimum atomic E-state index is -3.97. The van der Waals surface area contributed by atoms with Gasteiger partial charge in [-0.1, -0.05) is 12.1 Å². The zero-order valence-electron chi connectivity index (χ0n) is 15.0. The smallest absolute Gasteiger partial charge is 0.338 e. The first-order valence-corrected chi connectivity index (χ1v) is 12.9. The molecule has 0 atom stereocenters. The fourth-order valence-electron chi connectivity index (χ4n) is 2.28. The van der Waals surface area contributed by atoms with Gasteiger partial charge >= 0.3 is 5.97 Å². The highest BCUT2D eigenvalue weighted by molar-refractivity contribution is 7.95. The number of hydrogen-bond acceptors (Lipinski definition) is 8. The summed E-state index contributed by atoms with van der Waals surface area (Å²) in [7, 11) is -7.90. The summed E-state index contributed by atoms with van der Waals surface area (Å²) in [4.78, 5) is 12.0. The Labute approximate surface area is 176 Å². The fraction of sp³-hybridized carbons (Fsp3) is 0.118. The number of carbonyl (C=O) groups is 1. The fourth-order valence-corrected chi connectivity index (χ4v) is 6.42. The van der Waals surface area contributed by atoms with Crippen molar-refractivity contribution in [3.63, 3.8) is 0 Å². The van der Waals surface area contributed by atoms with Crippen LogP contribution in [0.25, 0.3) is 0 Å². The molecule has 29 heavy (non-hydrogen) atoms. The van der Waals surface area contributed by atoms with Crippen LogP contribution < -0.4 is 9.44 Å². The van der Waals surface area contributed by atoms with Crippen molar-refractivity contribution in [1.29, 1.82) is 0 Å². The Kier molecular flexibility index (Phi) is 6.27. The molecule has 8 nitrogen and oxygen atoms in total. The molecule has 0 amide bonds. The molecular weight excluding hydrogens is 456 g/mol. The highest BCUT2D eigenvalue weighted by atomic mass is 32.3. The zero-order chi connectivity index (χ0) is 21.1. The molecule has 0 saturated carbocycles. The molecule has 0 radical (unpaired) electrons. The lowest BCUT2D eigenvalue weighted by molar-refractivity contribution is 0.0526. The number of carbonyl (C=O) groups excluding carboxylic acids is 1. The third-order valence-electron chi connectivity index (χ3n) is 3.54. The van der Waals surface area contributed by atoms with E-state index in [-0.39, 0.29) is 32.0 Å². The third-order valence-corrected chi connectivity index (χ3v) is 9.07. The van der Waals surface area contributed by atoms with Crippen LogP contribution in [0.2, 0.25) is 0 Å². The van der Waals surface area contributed by atoms with Gasteiger partial charge in [0.25, 0.3) is 20.0 Å². The van der Waals surface area contributed by atoms with Crippen LogP contribution in [-0.2, 0) is 24.8 Å². The summed E-state index contributed by atoms with van der Waals surface area (Å²) in [5.41, 5.74) is -0.0366. The second-order valence-electron chi connectivity index (χ2n) is 5.56. The molecule has 1 aromatic carbocycles. The summed E-state index contributed by atoms with van der Waals surface area (Å²) in [6, 6.07) is 9.90. The normalized spacial score (nSPS) is 11.8. The molecule has 0 unspecified atom stereocenters. The molecule has 154 valence electrons. The topological polar surface area (TPSA) is 119 Å². The summed E-state index contributed by atoms with van der Waals surface area (Å²) in [6.07, 6.45) is 0. The van der Waals surface area contributed by atoms with Gasteiger partial charge in [0.05, 0.1) is 23.5 Å². The SMILES string of the molecule is CCOC(=O)c1ccc(NS(=O)(=O)c2cccs2)c(NS(=O)(=O)c2cccs2)c1. The van der Waals surface area contributed by atoms with Gasteiger partial charge in [-0.2, -0.15) is 0 Å². The quantitative estimate of drug-likeness (QED) is 0.484. The molecule has 0 aliphatic rings. The van der Waals surface area contributed by atoms with Gasteiger partial charge in [0.2, 0.25) is 0 Å². The molecule has 2 N–H and O–H groups in total. The number of esters is 1. The summed E-state index contributed by atoms with van der Waals surface area (Å²) in [5.74, 6) is -0.656. The predicted molar refractivity (Wildman–Crippen MR) is 113 cm³/mol. The summed E-state index contributed by atoms with van der Waals surface area (Å²) >= 11 is 2.02.